The van der Waals surface area contributed by atoms with Gasteiger partial charge in [0, 0.05) is 26.2 Å². The van der Waals surface area contributed by atoms with E-state index in [4.69, 9.17) is 9.16 Å². The van der Waals surface area contributed by atoms with Crippen LogP contribution in [0, 0.1) is 0 Å². The van der Waals surface area contributed by atoms with Gasteiger partial charge in [-0.1, -0.05) is 118 Å². The van der Waals surface area contributed by atoms with Crippen molar-refractivity contribution in [2.45, 2.75) is 45.3 Å². The van der Waals surface area contributed by atoms with Crippen LogP contribution in [-0.4, -0.2) is 39.5 Å². The van der Waals surface area contributed by atoms with Crippen molar-refractivity contribution >= 4 is 18.7 Å². The van der Waals surface area contributed by atoms with Crippen molar-refractivity contribution in [1.82, 2.24) is 4.90 Å². The molecule has 0 aromatic heterocycles. The van der Waals surface area contributed by atoms with Crippen LogP contribution in [-0.2, 0) is 23.9 Å². The van der Waals surface area contributed by atoms with Gasteiger partial charge in [-0.05, 0) is 57.1 Å². The van der Waals surface area contributed by atoms with E-state index < -0.39 is 8.32 Å². The van der Waals surface area contributed by atoms with Crippen LogP contribution >= 0.6 is 0 Å². The predicted octanol–water partition coefficient (Wildman–Crippen LogP) is 6.24. The second-order valence-corrected chi connectivity index (χ2v) is 15.9. The van der Waals surface area contributed by atoms with E-state index in [0.717, 1.165) is 44.8 Å². The molecule has 0 spiro atoms. The molecular weight excluding hydrogens is 494 g/mol. The molecule has 3 nitrogen and oxygen atoms in total. The third kappa shape index (κ3) is 6.35. The van der Waals surface area contributed by atoms with Crippen molar-refractivity contribution in [2.75, 3.05) is 26.2 Å². The minimum Gasteiger partial charge on any atom is -0.489 e. The lowest BCUT2D eigenvalue weighted by molar-refractivity contribution is 0.207. The van der Waals surface area contributed by atoms with Crippen molar-refractivity contribution in [3.8, 4) is 5.75 Å². The second kappa shape index (κ2) is 12.3. The van der Waals surface area contributed by atoms with E-state index >= 15 is 0 Å². The minimum atomic E-state index is -2.50. The van der Waals surface area contributed by atoms with Crippen LogP contribution < -0.4 is 15.1 Å². The Morgan fingerprint density at radius 2 is 1.26 bits per heavy atom. The third-order valence-electron chi connectivity index (χ3n) is 7.96. The van der Waals surface area contributed by atoms with Crippen molar-refractivity contribution in [1.29, 1.82) is 0 Å². The summed E-state index contributed by atoms with van der Waals surface area (Å²) in [6.45, 7) is 11.4. The summed E-state index contributed by atoms with van der Waals surface area (Å²) in [7, 11) is -2.50. The van der Waals surface area contributed by atoms with Crippen molar-refractivity contribution in [2.24, 2.45) is 0 Å². The molecule has 1 heterocycles. The van der Waals surface area contributed by atoms with E-state index in [-0.39, 0.29) is 5.04 Å². The Morgan fingerprint density at radius 3 is 1.85 bits per heavy atom. The van der Waals surface area contributed by atoms with Crippen molar-refractivity contribution in [3.63, 3.8) is 0 Å². The molecule has 0 amide bonds. The van der Waals surface area contributed by atoms with Gasteiger partial charge in [0.15, 0.2) is 0 Å². The lowest BCUT2D eigenvalue weighted by Crippen LogP contribution is -2.67. The number of hydrogen-bond acceptors (Lipinski definition) is 3. The van der Waals surface area contributed by atoms with Gasteiger partial charge in [0.1, 0.15) is 12.4 Å². The Labute approximate surface area is 235 Å². The Balaban J connectivity index is 1.25. The van der Waals surface area contributed by atoms with Crippen LogP contribution in [0.15, 0.2) is 109 Å². The molecule has 0 saturated carbocycles. The molecule has 202 valence electrons. The summed E-state index contributed by atoms with van der Waals surface area (Å²) in [6, 6.07) is 38.9. The third-order valence-corrected chi connectivity index (χ3v) is 13.0. The first-order valence-electron chi connectivity index (χ1n) is 14.2. The molecule has 0 fully saturated rings. The van der Waals surface area contributed by atoms with E-state index in [1.54, 1.807) is 0 Å². The van der Waals surface area contributed by atoms with Gasteiger partial charge in [-0.2, -0.15) is 0 Å². The minimum absolute atomic E-state index is 0.000873. The fourth-order valence-corrected chi connectivity index (χ4v) is 10.4. The highest BCUT2D eigenvalue weighted by molar-refractivity contribution is 6.99. The summed E-state index contributed by atoms with van der Waals surface area (Å²) < 4.78 is 13.3. The van der Waals surface area contributed by atoms with E-state index in [9.17, 15) is 0 Å². The van der Waals surface area contributed by atoms with E-state index in [0.29, 0.717) is 6.61 Å². The number of rotatable bonds is 9. The van der Waals surface area contributed by atoms with Gasteiger partial charge < -0.3 is 14.1 Å². The molecule has 0 saturated heterocycles. The zero-order chi connectivity index (χ0) is 27.1. The summed E-state index contributed by atoms with van der Waals surface area (Å²) in [5, 5.41) is 2.69. The topological polar surface area (TPSA) is 21.7 Å². The van der Waals surface area contributed by atoms with Gasteiger partial charge >= 0.3 is 0 Å². The molecule has 39 heavy (non-hydrogen) atoms. The highest BCUT2D eigenvalue weighted by Crippen LogP contribution is 2.36. The van der Waals surface area contributed by atoms with Crippen LogP contribution in [0.5, 0.6) is 5.75 Å². The first-order valence-corrected chi connectivity index (χ1v) is 16.1. The number of benzene rings is 4. The fourth-order valence-electron chi connectivity index (χ4n) is 5.89. The molecule has 0 N–H and O–H groups in total. The van der Waals surface area contributed by atoms with Gasteiger partial charge in [0.05, 0.1) is 0 Å². The molecule has 4 heteroatoms. The van der Waals surface area contributed by atoms with Crippen LogP contribution in [0.4, 0.5) is 0 Å². The molecule has 0 aliphatic carbocycles. The van der Waals surface area contributed by atoms with Crippen LogP contribution in [0.1, 0.15) is 37.5 Å². The fraction of sp³-hybridized carbons (Fsp3) is 0.314. The highest BCUT2D eigenvalue weighted by Gasteiger charge is 2.50. The lowest BCUT2D eigenvalue weighted by atomic mass is 10.0. The zero-order valence-corrected chi connectivity index (χ0v) is 24.6. The maximum absolute atomic E-state index is 7.16. The summed E-state index contributed by atoms with van der Waals surface area (Å²) in [5.41, 5.74) is 4.05. The first kappa shape index (κ1) is 27.4. The zero-order valence-electron chi connectivity index (χ0n) is 23.6. The monoisotopic (exact) mass is 535 g/mol. The molecule has 0 bridgehead atoms. The van der Waals surface area contributed by atoms with E-state index in [1.165, 1.54) is 27.1 Å². The largest absolute Gasteiger partial charge is 0.489 e. The number of fused-ring (bicyclic) bond motifs is 1. The molecular formula is C35H41NO2Si. The Kier molecular flexibility index (Phi) is 8.66. The Morgan fingerprint density at radius 1 is 0.692 bits per heavy atom. The van der Waals surface area contributed by atoms with Gasteiger partial charge in [0.2, 0.25) is 0 Å². The van der Waals surface area contributed by atoms with Crippen molar-refractivity contribution < 1.29 is 9.16 Å². The van der Waals surface area contributed by atoms with Gasteiger partial charge in [-0.25, -0.2) is 0 Å². The molecule has 1 aliphatic rings. The lowest BCUT2D eigenvalue weighted by Gasteiger charge is -2.43. The summed E-state index contributed by atoms with van der Waals surface area (Å²) in [5.74, 6) is 0.959. The van der Waals surface area contributed by atoms with Crippen LogP contribution in [0.3, 0.4) is 0 Å². The predicted molar refractivity (Wildman–Crippen MR) is 165 cm³/mol. The van der Waals surface area contributed by atoms with Crippen molar-refractivity contribution in [3.05, 3.63) is 126 Å². The average Bonchev–Trinajstić information content (AvgIpc) is 3.17. The average molecular weight is 536 g/mol. The van der Waals surface area contributed by atoms with Gasteiger partial charge in [0.25, 0.3) is 8.32 Å². The van der Waals surface area contributed by atoms with Crippen LogP contribution in [0.25, 0.3) is 0 Å². The molecule has 0 unspecified atom stereocenters. The number of nitrogens with zero attached hydrogens (tertiary/aromatic N) is 1. The van der Waals surface area contributed by atoms with E-state index in [1.807, 2.05) is 6.07 Å². The molecule has 0 atom stereocenters. The molecule has 5 rings (SSSR count). The number of ether oxygens (including phenoxy) is 1. The summed E-state index contributed by atoms with van der Waals surface area (Å²) in [4.78, 5) is 2.57. The normalized spacial score (nSPS) is 14.4. The standard InChI is InChI=1S/C35H41NO2Si/c1-35(2,3)39(33-15-9-5-10-16-33,34-17-11-6-12-18-34)38-26-25-36-23-21-30-19-20-32(27-31(30)22-24-36)37-28-29-13-7-4-8-14-29/h4-20,27H,21-26,28H2,1-3H3. The van der Waals surface area contributed by atoms with Crippen LogP contribution in [0.2, 0.25) is 5.04 Å². The summed E-state index contributed by atoms with van der Waals surface area (Å²) >= 11 is 0. The second-order valence-electron chi connectivity index (χ2n) is 11.6. The molecule has 4 aromatic carbocycles. The maximum Gasteiger partial charge on any atom is 0.261 e. The highest BCUT2D eigenvalue weighted by atomic mass is 28.4. The van der Waals surface area contributed by atoms with E-state index in [2.05, 4.69) is 129 Å². The first-order chi connectivity index (χ1) is 19.0. The molecule has 1 aliphatic heterocycles. The smallest absolute Gasteiger partial charge is 0.261 e. The van der Waals surface area contributed by atoms with Gasteiger partial charge in [-0.3, -0.25) is 0 Å². The summed E-state index contributed by atoms with van der Waals surface area (Å²) in [6.07, 6.45) is 2.10. The SMILES string of the molecule is CC(C)(C)[Si](OCCN1CCc2ccc(OCc3ccccc3)cc2CC1)(c1ccccc1)c1ccccc1. The Hall–Kier alpha value is -3.18. The number of hydrogen-bond donors (Lipinski definition) is 0. The quantitative estimate of drug-likeness (QED) is 0.237. The van der Waals surface area contributed by atoms with Gasteiger partial charge in [-0.15, -0.1) is 0 Å². The maximum atomic E-state index is 7.16. The molecule has 0 radical (unpaired) electrons. The Bertz CT molecular complexity index is 1280. The molecule has 4 aromatic rings.